The van der Waals surface area contributed by atoms with Crippen LogP contribution in [0, 0.1) is 5.82 Å². The summed E-state index contributed by atoms with van der Waals surface area (Å²) in [5.41, 5.74) is 8.18. The molecule has 2 aromatic carbocycles. The summed E-state index contributed by atoms with van der Waals surface area (Å²) < 4.78 is 12.8. The molecule has 2 amide bonds. The highest BCUT2D eigenvalue weighted by Crippen LogP contribution is 2.11. The van der Waals surface area contributed by atoms with E-state index in [-0.39, 0.29) is 11.8 Å². The zero-order valence-electron chi connectivity index (χ0n) is 11.8. The topological polar surface area (TPSA) is 58.4 Å². The minimum atomic E-state index is -0.332. The number of hydrogen-bond donors (Lipinski definition) is 2. The monoisotopic (exact) mass is 287 g/mol. The number of carbonyl (C=O) groups is 1. The van der Waals surface area contributed by atoms with Gasteiger partial charge in [0, 0.05) is 25.8 Å². The summed E-state index contributed by atoms with van der Waals surface area (Å²) in [7, 11) is 1.70. The van der Waals surface area contributed by atoms with Crippen molar-refractivity contribution in [2.24, 2.45) is 5.73 Å². The van der Waals surface area contributed by atoms with Crippen LogP contribution in [0.2, 0.25) is 0 Å². The molecule has 2 rings (SSSR count). The van der Waals surface area contributed by atoms with Crippen LogP contribution in [-0.4, -0.2) is 18.0 Å². The first kappa shape index (κ1) is 15.0. The first-order valence-corrected chi connectivity index (χ1v) is 6.64. The van der Waals surface area contributed by atoms with Crippen molar-refractivity contribution in [3.63, 3.8) is 0 Å². The second-order valence-electron chi connectivity index (χ2n) is 4.81. The maximum Gasteiger partial charge on any atom is 0.321 e. The first-order valence-electron chi connectivity index (χ1n) is 6.64. The molecule has 0 aliphatic rings. The molecule has 0 aliphatic heterocycles. The van der Waals surface area contributed by atoms with Crippen LogP contribution >= 0.6 is 0 Å². The average Bonchev–Trinajstić information content (AvgIpc) is 2.50. The van der Waals surface area contributed by atoms with E-state index in [9.17, 15) is 9.18 Å². The number of benzene rings is 2. The number of anilines is 1. The van der Waals surface area contributed by atoms with Crippen LogP contribution in [0.1, 0.15) is 11.1 Å². The maximum absolute atomic E-state index is 12.8. The van der Waals surface area contributed by atoms with Crippen molar-refractivity contribution in [2.45, 2.75) is 13.1 Å². The standard InChI is InChI=1S/C16H18FN3O/c1-20(11-13-4-2-12(10-18)3-5-13)16(21)19-15-8-6-14(17)7-9-15/h2-9H,10-11,18H2,1H3,(H,19,21). The lowest BCUT2D eigenvalue weighted by atomic mass is 10.1. The predicted molar refractivity (Wildman–Crippen MR) is 81.2 cm³/mol. The molecule has 4 nitrogen and oxygen atoms in total. The Hall–Kier alpha value is -2.40. The van der Waals surface area contributed by atoms with E-state index in [1.165, 1.54) is 24.3 Å². The van der Waals surface area contributed by atoms with E-state index in [0.29, 0.717) is 18.8 Å². The highest BCUT2D eigenvalue weighted by Gasteiger charge is 2.09. The molecular formula is C16H18FN3O. The number of nitrogens with zero attached hydrogens (tertiary/aromatic N) is 1. The molecule has 0 spiro atoms. The Morgan fingerprint density at radius 1 is 1.10 bits per heavy atom. The number of rotatable bonds is 4. The van der Waals surface area contributed by atoms with Gasteiger partial charge in [0.15, 0.2) is 0 Å². The number of hydrogen-bond acceptors (Lipinski definition) is 2. The van der Waals surface area contributed by atoms with E-state index >= 15 is 0 Å². The van der Waals surface area contributed by atoms with Crippen molar-refractivity contribution in [3.05, 3.63) is 65.5 Å². The van der Waals surface area contributed by atoms with Gasteiger partial charge in [-0.05, 0) is 35.4 Å². The molecule has 0 fully saturated rings. The molecule has 0 heterocycles. The largest absolute Gasteiger partial charge is 0.326 e. The average molecular weight is 287 g/mol. The Balaban J connectivity index is 1.93. The van der Waals surface area contributed by atoms with E-state index in [4.69, 9.17) is 5.73 Å². The van der Waals surface area contributed by atoms with E-state index in [1.54, 1.807) is 11.9 Å². The summed E-state index contributed by atoms with van der Waals surface area (Å²) >= 11 is 0. The predicted octanol–water partition coefficient (Wildman–Crippen LogP) is 2.95. The van der Waals surface area contributed by atoms with E-state index in [0.717, 1.165) is 11.1 Å². The summed E-state index contributed by atoms with van der Waals surface area (Å²) in [6.45, 7) is 0.985. The highest BCUT2D eigenvalue weighted by molar-refractivity contribution is 5.89. The normalized spacial score (nSPS) is 10.2. The second kappa shape index (κ2) is 6.85. The summed E-state index contributed by atoms with van der Waals surface area (Å²) in [5, 5.41) is 2.71. The molecule has 0 aromatic heterocycles. The minimum Gasteiger partial charge on any atom is -0.326 e. The van der Waals surface area contributed by atoms with E-state index in [1.807, 2.05) is 24.3 Å². The zero-order valence-corrected chi connectivity index (χ0v) is 11.8. The van der Waals surface area contributed by atoms with Gasteiger partial charge in [0.05, 0.1) is 0 Å². The Labute approximate surface area is 123 Å². The Morgan fingerprint density at radius 3 is 2.24 bits per heavy atom. The van der Waals surface area contributed by atoms with Gasteiger partial charge in [-0.25, -0.2) is 9.18 Å². The smallest absolute Gasteiger partial charge is 0.321 e. The lowest BCUT2D eigenvalue weighted by Gasteiger charge is -2.18. The third-order valence-corrected chi connectivity index (χ3v) is 3.12. The molecule has 21 heavy (non-hydrogen) atoms. The van der Waals surface area contributed by atoms with Crippen molar-refractivity contribution in [3.8, 4) is 0 Å². The van der Waals surface area contributed by atoms with E-state index in [2.05, 4.69) is 5.32 Å². The Kier molecular flexibility index (Phi) is 4.90. The fraction of sp³-hybridized carbons (Fsp3) is 0.188. The van der Waals surface area contributed by atoms with Gasteiger partial charge in [-0.2, -0.15) is 0 Å². The van der Waals surface area contributed by atoms with Crippen molar-refractivity contribution < 1.29 is 9.18 Å². The lowest BCUT2D eigenvalue weighted by Crippen LogP contribution is -2.30. The molecule has 0 unspecified atom stereocenters. The van der Waals surface area contributed by atoms with Crippen LogP contribution in [0.15, 0.2) is 48.5 Å². The first-order chi connectivity index (χ1) is 10.1. The van der Waals surface area contributed by atoms with Crippen LogP contribution in [0.4, 0.5) is 14.9 Å². The van der Waals surface area contributed by atoms with Gasteiger partial charge in [0.2, 0.25) is 0 Å². The summed E-state index contributed by atoms with van der Waals surface area (Å²) in [5.74, 6) is -0.332. The molecule has 2 aromatic rings. The fourth-order valence-corrected chi connectivity index (χ4v) is 1.88. The molecule has 3 N–H and O–H groups in total. The van der Waals surface area contributed by atoms with Crippen LogP contribution in [0.25, 0.3) is 0 Å². The summed E-state index contributed by atoms with van der Waals surface area (Å²) in [4.78, 5) is 13.6. The van der Waals surface area contributed by atoms with Gasteiger partial charge in [0.1, 0.15) is 5.82 Å². The van der Waals surface area contributed by atoms with Crippen molar-refractivity contribution in [1.29, 1.82) is 0 Å². The zero-order chi connectivity index (χ0) is 15.2. The summed E-state index contributed by atoms with van der Waals surface area (Å²) in [6.07, 6.45) is 0. The molecule has 0 saturated heterocycles. The van der Waals surface area contributed by atoms with Gasteiger partial charge in [-0.15, -0.1) is 0 Å². The van der Waals surface area contributed by atoms with Crippen molar-refractivity contribution >= 4 is 11.7 Å². The Bertz CT molecular complexity index is 596. The quantitative estimate of drug-likeness (QED) is 0.908. The minimum absolute atomic E-state index is 0.246. The molecule has 0 bridgehead atoms. The van der Waals surface area contributed by atoms with E-state index < -0.39 is 0 Å². The molecule has 0 aliphatic carbocycles. The van der Waals surface area contributed by atoms with Crippen molar-refractivity contribution in [2.75, 3.05) is 12.4 Å². The molecule has 0 atom stereocenters. The summed E-state index contributed by atoms with van der Waals surface area (Å²) in [6, 6.07) is 13.2. The number of urea groups is 1. The van der Waals surface area contributed by atoms with Crippen LogP contribution < -0.4 is 11.1 Å². The van der Waals surface area contributed by atoms with Crippen LogP contribution in [0.3, 0.4) is 0 Å². The van der Waals surface area contributed by atoms with Crippen LogP contribution in [0.5, 0.6) is 0 Å². The van der Waals surface area contributed by atoms with Crippen molar-refractivity contribution in [1.82, 2.24) is 4.90 Å². The van der Waals surface area contributed by atoms with Gasteiger partial charge in [0.25, 0.3) is 0 Å². The number of nitrogens with one attached hydrogen (secondary N) is 1. The lowest BCUT2D eigenvalue weighted by molar-refractivity contribution is 0.220. The van der Waals surface area contributed by atoms with Gasteiger partial charge in [-0.1, -0.05) is 24.3 Å². The van der Waals surface area contributed by atoms with Gasteiger partial charge >= 0.3 is 6.03 Å². The number of carbonyl (C=O) groups excluding carboxylic acids is 1. The molecule has 110 valence electrons. The molecule has 0 radical (unpaired) electrons. The third kappa shape index (κ3) is 4.29. The Morgan fingerprint density at radius 2 is 1.67 bits per heavy atom. The maximum atomic E-state index is 12.8. The SMILES string of the molecule is CN(Cc1ccc(CN)cc1)C(=O)Nc1ccc(F)cc1. The third-order valence-electron chi connectivity index (χ3n) is 3.12. The number of amides is 2. The number of nitrogens with two attached hydrogens (primary N) is 1. The van der Waals surface area contributed by atoms with Gasteiger partial charge in [-0.3, -0.25) is 0 Å². The highest BCUT2D eigenvalue weighted by atomic mass is 19.1. The molecular weight excluding hydrogens is 269 g/mol. The fourth-order valence-electron chi connectivity index (χ4n) is 1.88. The molecule has 5 heteroatoms. The second-order valence-corrected chi connectivity index (χ2v) is 4.81. The number of halogens is 1. The van der Waals surface area contributed by atoms with Gasteiger partial charge < -0.3 is 16.0 Å². The van der Waals surface area contributed by atoms with Crippen LogP contribution in [-0.2, 0) is 13.1 Å². The molecule has 0 saturated carbocycles.